The first-order valence-electron chi connectivity index (χ1n) is 6.72. The van der Waals surface area contributed by atoms with E-state index in [1.807, 2.05) is 0 Å². The average molecular weight is 430 g/mol. The van der Waals surface area contributed by atoms with Gasteiger partial charge in [-0.3, -0.25) is 9.59 Å². The Morgan fingerprint density at radius 2 is 1.92 bits per heavy atom. The van der Waals surface area contributed by atoms with Crippen molar-refractivity contribution in [3.8, 4) is 0 Å². The largest absolute Gasteiger partial charge is 0.324 e. The van der Waals surface area contributed by atoms with Gasteiger partial charge in [0.25, 0.3) is 15.9 Å². The summed E-state index contributed by atoms with van der Waals surface area (Å²) in [5.41, 5.74) is 0.465. The van der Waals surface area contributed by atoms with Crippen LogP contribution in [0.5, 0.6) is 0 Å². The number of hydrogen-bond donors (Lipinski definition) is 1. The highest BCUT2D eigenvalue weighted by atomic mass is 79.9. The second kappa shape index (κ2) is 6.19. The quantitative estimate of drug-likeness (QED) is 0.813. The second-order valence-electron chi connectivity index (χ2n) is 4.99. The fraction of sp³-hybridized carbons (Fsp3) is 0.0667. The molecule has 0 aliphatic carbocycles. The SMILES string of the molecule is O=C(CN1C(=O)c2ccccc2S1(=O)=O)Nc1ccc(Br)c(Cl)c1. The molecule has 9 heteroatoms. The molecule has 2 aromatic carbocycles. The van der Waals surface area contributed by atoms with E-state index in [9.17, 15) is 18.0 Å². The Morgan fingerprint density at radius 3 is 2.58 bits per heavy atom. The minimum absolute atomic E-state index is 0.0667. The predicted octanol–water partition coefficient (Wildman–Crippen LogP) is 2.89. The third kappa shape index (κ3) is 2.92. The zero-order chi connectivity index (χ0) is 17.5. The van der Waals surface area contributed by atoms with Gasteiger partial charge in [0.15, 0.2) is 0 Å². The molecule has 1 heterocycles. The van der Waals surface area contributed by atoms with Gasteiger partial charge < -0.3 is 5.32 Å². The first kappa shape index (κ1) is 16.9. The van der Waals surface area contributed by atoms with Crippen molar-refractivity contribution in [1.29, 1.82) is 0 Å². The number of benzene rings is 2. The maximum atomic E-state index is 12.4. The monoisotopic (exact) mass is 428 g/mol. The van der Waals surface area contributed by atoms with E-state index in [-0.39, 0.29) is 10.5 Å². The van der Waals surface area contributed by atoms with E-state index in [1.54, 1.807) is 18.2 Å². The highest BCUT2D eigenvalue weighted by Gasteiger charge is 2.41. The number of amides is 2. The molecular weight excluding hydrogens is 420 g/mol. The van der Waals surface area contributed by atoms with Crippen LogP contribution in [0.1, 0.15) is 10.4 Å². The normalized spacial score (nSPS) is 15.2. The Kier molecular flexibility index (Phi) is 4.37. The molecule has 24 heavy (non-hydrogen) atoms. The highest BCUT2D eigenvalue weighted by molar-refractivity contribution is 9.10. The first-order valence-corrected chi connectivity index (χ1v) is 9.33. The molecule has 3 rings (SSSR count). The van der Waals surface area contributed by atoms with Gasteiger partial charge in [0.05, 0.1) is 10.6 Å². The lowest BCUT2D eigenvalue weighted by Crippen LogP contribution is -2.37. The van der Waals surface area contributed by atoms with Gasteiger partial charge in [0, 0.05) is 10.2 Å². The minimum atomic E-state index is -4.01. The molecule has 1 aliphatic rings. The van der Waals surface area contributed by atoms with Crippen molar-refractivity contribution in [3.05, 3.63) is 57.5 Å². The Bertz CT molecular complexity index is 962. The van der Waals surface area contributed by atoms with Crippen LogP contribution in [0.3, 0.4) is 0 Å². The molecule has 6 nitrogen and oxygen atoms in total. The third-order valence-electron chi connectivity index (χ3n) is 3.40. The van der Waals surface area contributed by atoms with Crippen LogP contribution < -0.4 is 5.32 Å². The van der Waals surface area contributed by atoms with E-state index >= 15 is 0 Å². The number of carbonyl (C=O) groups is 2. The average Bonchev–Trinajstić information content (AvgIpc) is 2.73. The number of hydrogen-bond acceptors (Lipinski definition) is 4. The smallest absolute Gasteiger partial charge is 0.269 e. The van der Waals surface area contributed by atoms with Crippen molar-refractivity contribution in [2.75, 3.05) is 11.9 Å². The Balaban J connectivity index is 1.80. The van der Waals surface area contributed by atoms with E-state index in [1.165, 1.54) is 24.3 Å². The molecule has 1 N–H and O–H groups in total. The van der Waals surface area contributed by atoms with Crippen LogP contribution in [0.25, 0.3) is 0 Å². The number of fused-ring (bicyclic) bond motifs is 1. The van der Waals surface area contributed by atoms with Crippen LogP contribution in [-0.4, -0.2) is 31.1 Å². The van der Waals surface area contributed by atoms with Crippen LogP contribution in [0.2, 0.25) is 5.02 Å². The molecule has 0 atom stereocenters. The summed E-state index contributed by atoms with van der Waals surface area (Å²) in [6.45, 7) is -0.608. The molecule has 0 spiro atoms. The summed E-state index contributed by atoms with van der Waals surface area (Å²) in [7, 11) is -4.01. The van der Waals surface area contributed by atoms with Crippen LogP contribution in [0.15, 0.2) is 51.8 Å². The molecule has 0 radical (unpaired) electrons. The van der Waals surface area contributed by atoms with E-state index in [2.05, 4.69) is 21.2 Å². The van der Waals surface area contributed by atoms with Gasteiger partial charge in [-0.25, -0.2) is 12.7 Å². The summed E-state index contributed by atoms with van der Waals surface area (Å²) >= 11 is 9.17. The fourth-order valence-corrected chi connectivity index (χ4v) is 4.24. The maximum Gasteiger partial charge on any atom is 0.269 e. The maximum absolute atomic E-state index is 12.4. The molecule has 0 bridgehead atoms. The third-order valence-corrected chi connectivity index (χ3v) is 6.42. The van der Waals surface area contributed by atoms with Gasteiger partial charge in [-0.15, -0.1) is 0 Å². The number of nitrogens with one attached hydrogen (secondary N) is 1. The number of carbonyl (C=O) groups excluding carboxylic acids is 2. The Hall–Kier alpha value is -1.90. The van der Waals surface area contributed by atoms with E-state index < -0.39 is 28.4 Å². The minimum Gasteiger partial charge on any atom is -0.324 e. The number of rotatable bonds is 3. The van der Waals surface area contributed by atoms with Crippen molar-refractivity contribution in [3.63, 3.8) is 0 Å². The van der Waals surface area contributed by atoms with Crippen LogP contribution in [-0.2, 0) is 14.8 Å². The Morgan fingerprint density at radius 1 is 1.21 bits per heavy atom. The van der Waals surface area contributed by atoms with Gasteiger partial charge in [-0.2, -0.15) is 0 Å². The molecular formula is C15H10BrClN2O4S. The number of nitrogens with zero attached hydrogens (tertiary/aromatic N) is 1. The van der Waals surface area contributed by atoms with E-state index in [0.29, 0.717) is 19.5 Å². The molecule has 0 saturated carbocycles. The topological polar surface area (TPSA) is 83.6 Å². The molecule has 0 saturated heterocycles. The number of sulfonamides is 1. The number of anilines is 1. The highest BCUT2D eigenvalue weighted by Crippen LogP contribution is 2.30. The summed E-state index contributed by atoms with van der Waals surface area (Å²) in [4.78, 5) is 24.3. The summed E-state index contributed by atoms with van der Waals surface area (Å²) < 4.78 is 26.0. The molecule has 124 valence electrons. The van der Waals surface area contributed by atoms with Crippen molar-refractivity contribution < 1.29 is 18.0 Å². The Labute approximate surface area is 151 Å². The lowest BCUT2D eigenvalue weighted by molar-refractivity contribution is -0.116. The van der Waals surface area contributed by atoms with Crippen LogP contribution in [0.4, 0.5) is 5.69 Å². The van der Waals surface area contributed by atoms with Crippen LogP contribution in [0, 0.1) is 0 Å². The molecule has 1 aliphatic heterocycles. The molecule has 2 aromatic rings. The summed E-state index contributed by atoms with van der Waals surface area (Å²) in [5, 5.41) is 2.91. The van der Waals surface area contributed by atoms with Gasteiger partial charge in [-0.1, -0.05) is 23.7 Å². The van der Waals surface area contributed by atoms with E-state index in [4.69, 9.17) is 11.6 Å². The van der Waals surface area contributed by atoms with Gasteiger partial charge >= 0.3 is 0 Å². The van der Waals surface area contributed by atoms with Crippen molar-refractivity contribution in [1.82, 2.24) is 4.31 Å². The van der Waals surface area contributed by atoms with Crippen molar-refractivity contribution in [2.45, 2.75) is 4.90 Å². The van der Waals surface area contributed by atoms with Gasteiger partial charge in [0.2, 0.25) is 5.91 Å². The fourth-order valence-electron chi connectivity index (χ4n) is 2.29. The molecule has 0 aromatic heterocycles. The summed E-state index contributed by atoms with van der Waals surface area (Å²) in [6.07, 6.45) is 0. The second-order valence-corrected chi connectivity index (χ2v) is 8.08. The summed E-state index contributed by atoms with van der Waals surface area (Å²) in [5.74, 6) is -1.35. The van der Waals surface area contributed by atoms with E-state index in [0.717, 1.165) is 0 Å². The molecule has 0 unspecified atom stereocenters. The number of halogens is 2. The standard InChI is InChI=1S/C15H10BrClN2O4S/c16-11-6-5-9(7-12(11)17)18-14(20)8-19-15(21)10-3-1-2-4-13(10)24(19,22)23/h1-7H,8H2,(H,18,20). The summed E-state index contributed by atoms with van der Waals surface area (Å²) in [6, 6.07) is 10.6. The van der Waals surface area contributed by atoms with Gasteiger partial charge in [0.1, 0.15) is 11.4 Å². The molecule has 0 fully saturated rings. The molecule has 2 amide bonds. The van der Waals surface area contributed by atoms with Crippen LogP contribution >= 0.6 is 27.5 Å². The van der Waals surface area contributed by atoms with Crippen molar-refractivity contribution in [2.24, 2.45) is 0 Å². The first-order chi connectivity index (χ1) is 11.3. The van der Waals surface area contributed by atoms with Crippen molar-refractivity contribution >= 4 is 55.1 Å². The van der Waals surface area contributed by atoms with Gasteiger partial charge in [-0.05, 0) is 46.3 Å². The predicted molar refractivity (Wildman–Crippen MR) is 92.4 cm³/mol. The lowest BCUT2D eigenvalue weighted by Gasteiger charge is -2.15. The lowest BCUT2D eigenvalue weighted by atomic mass is 10.2. The zero-order valence-corrected chi connectivity index (χ0v) is 15.2. The zero-order valence-electron chi connectivity index (χ0n) is 12.0.